The summed E-state index contributed by atoms with van der Waals surface area (Å²) in [6.07, 6.45) is 1.50. The van der Waals surface area contributed by atoms with E-state index in [1.165, 1.54) is 0 Å². The monoisotopic (exact) mass is 122 g/mol. The van der Waals surface area contributed by atoms with E-state index in [0.29, 0.717) is 0 Å². The zero-order chi connectivity index (χ0) is 5.41. The van der Waals surface area contributed by atoms with Crippen LogP contribution in [0.25, 0.3) is 0 Å². The van der Waals surface area contributed by atoms with Crippen LogP contribution in [0.15, 0.2) is 0 Å². The van der Waals surface area contributed by atoms with E-state index in [4.69, 9.17) is 20.4 Å². The Balaban J connectivity index is -0.0000000400. The summed E-state index contributed by atoms with van der Waals surface area (Å²) in [6, 6.07) is 0. The highest BCUT2D eigenvalue weighted by atomic mass is 35.5. The number of carbonyl (C=O) groups excluding carboxylic acids is 2. The minimum absolute atomic E-state index is 0. The Hall–Kier alpha value is -0.950. The maximum absolute atomic E-state index is 8.35. The summed E-state index contributed by atoms with van der Waals surface area (Å²) in [5.41, 5.74) is 0. The van der Waals surface area contributed by atoms with E-state index >= 15 is 0 Å². The van der Waals surface area contributed by atoms with E-state index < -0.39 is 0 Å². The average Bonchev–Trinajstić information content (AvgIpc) is 1.39. The van der Waals surface area contributed by atoms with Crippen LogP contribution in [0.3, 0.4) is 0 Å². The van der Waals surface area contributed by atoms with E-state index in [-0.39, 0.29) is 12.4 Å². The van der Waals surface area contributed by atoms with Crippen molar-refractivity contribution in [1.29, 1.82) is 10.8 Å². The van der Waals surface area contributed by atoms with Crippen molar-refractivity contribution in [2.24, 2.45) is 0 Å². The van der Waals surface area contributed by atoms with Crippen molar-refractivity contribution in [3.8, 4) is 0 Å². The van der Waals surface area contributed by atoms with E-state index in [9.17, 15) is 0 Å². The first-order valence-electron chi connectivity index (χ1n) is 0.908. The van der Waals surface area contributed by atoms with Crippen molar-refractivity contribution in [3.05, 3.63) is 0 Å². The molecular weight excluding hydrogens is 119 g/mol. The molecule has 0 aromatic heterocycles. The lowest BCUT2D eigenvalue weighted by atomic mass is 11.7. The average molecular weight is 123 g/mol. The van der Waals surface area contributed by atoms with Crippen LogP contribution >= 0.6 is 12.4 Å². The zero-order valence-corrected chi connectivity index (χ0v) is 4.04. The lowest BCUT2D eigenvalue weighted by Gasteiger charge is -1.02. The van der Waals surface area contributed by atoms with Crippen LogP contribution in [-0.4, -0.2) is 12.2 Å². The number of rotatable bonds is 0. The predicted octanol–water partition coefficient (Wildman–Crippen LogP) is 0.224. The molecule has 7 heavy (non-hydrogen) atoms. The standard InChI is InChI=1S/2CHNO.ClH/c2*2-1-3;/h2*2H;1H. The molecule has 2 N–H and O–H groups in total. The minimum atomic E-state index is 0. The number of hydrogen-bond acceptors (Lipinski definition) is 4. The fourth-order valence-electron chi connectivity index (χ4n) is 0. The van der Waals surface area contributed by atoms with Crippen LogP contribution in [0.4, 0.5) is 0 Å². The first-order valence-corrected chi connectivity index (χ1v) is 0.908. The van der Waals surface area contributed by atoms with E-state index in [1.807, 2.05) is 0 Å². The summed E-state index contributed by atoms with van der Waals surface area (Å²) in [6.45, 7) is 0. The van der Waals surface area contributed by atoms with Gasteiger partial charge < -0.3 is 0 Å². The van der Waals surface area contributed by atoms with Gasteiger partial charge in [0.2, 0.25) is 12.2 Å². The Kier molecular flexibility index (Phi) is 178. The molecule has 0 aliphatic rings. The zero-order valence-electron chi connectivity index (χ0n) is 3.22. The van der Waals surface area contributed by atoms with Crippen LogP contribution in [0.2, 0.25) is 0 Å². The molecule has 0 atom stereocenters. The first kappa shape index (κ1) is 16.6. The van der Waals surface area contributed by atoms with E-state index in [1.54, 1.807) is 0 Å². The Morgan fingerprint density at radius 1 is 1.00 bits per heavy atom. The van der Waals surface area contributed by atoms with Gasteiger partial charge in [-0.05, 0) is 0 Å². The van der Waals surface area contributed by atoms with Gasteiger partial charge in [-0.15, -0.1) is 12.4 Å². The molecule has 0 radical (unpaired) electrons. The lowest BCUT2D eigenvalue weighted by Crippen LogP contribution is -1.16. The molecule has 0 aliphatic heterocycles. The van der Waals surface area contributed by atoms with Gasteiger partial charge in [-0.25, -0.2) is 20.4 Å². The fraction of sp³-hybridized carbons (Fsp3) is 0. The third kappa shape index (κ3) is 52.1. The molecule has 40 valence electrons. The number of halogens is 1. The molecule has 0 bridgehead atoms. The molecule has 0 rings (SSSR count). The fourth-order valence-corrected chi connectivity index (χ4v) is 0. The highest BCUT2D eigenvalue weighted by Gasteiger charge is 1.04. The second kappa shape index (κ2) is 75.1. The van der Waals surface area contributed by atoms with Crippen molar-refractivity contribution in [2.75, 3.05) is 0 Å². The Labute approximate surface area is 46.0 Å². The second-order valence-corrected chi connectivity index (χ2v) is 0.204. The molecule has 0 heterocycles. The number of hydrogen-bond donors (Lipinski definition) is 2. The maximum atomic E-state index is 8.35. The first-order chi connectivity index (χ1) is 2.83. The van der Waals surface area contributed by atoms with Gasteiger partial charge in [0.25, 0.3) is 0 Å². The van der Waals surface area contributed by atoms with Crippen molar-refractivity contribution < 1.29 is 9.59 Å². The molecule has 0 aromatic carbocycles. The normalized spacial score (nSPS) is 2.29. The molecular formula is C2H3ClN2O2. The molecule has 0 amide bonds. The van der Waals surface area contributed by atoms with Crippen molar-refractivity contribution in [1.82, 2.24) is 0 Å². The number of isocyanates is 2. The summed E-state index contributed by atoms with van der Waals surface area (Å²) in [4.78, 5) is 16.7. The Morgan fingerprint density at radius 2 is 1.00 bits per heavy atom. The van der Waals surface area contributed by atoms with Gasteiger partial charge in [-0.2, -0.15) is 0 Å². The summed E-state index contributed by atoms with van der Waals surface area (Å²) >= 11 is 0. The molecule has 0 aromatic rings. The van der Waals surface area contributed by atoms with Gasteiger partial charge in [0.05, 0.1) is 0 Å². The molecule has 5 heteroatoms. The lowest BCUT2D eigenvalue weighted by molar-refractivity contribution is 0.562. The summed E-state index contributed by atoms with van der Waals surface area (Å²) in [5, 5.41) is 10.8. The summed E-state index contributed by atoms with van der Waals surface area (Å²) in [7, 11) is 0. The molecule has 0 saturated carbocycles. The predicted molar refractivity (Wildman–Crippen MR) is 24.1 cm³/mol. The van der Waals surface area contributed by atoms with Crippen LogP contribution in [0.5, 0.6) is 0 Å². The molecule has 0 aliphatic carbocycles. The van der Waals surface area contributed by atoms with E-state index in [2.05, 4.69) is 0 Å². The van der Waals surface area contributed by atoms with Gasteiger partial charge in [-0.1, -0.05) is 0 Å². The quantitative estimate of drug-likeness (QED) is 0.356. The summed E-state index contributed by atoms with van der Waals surface area (Å²) < 4.78 is 0. The van der Waals surface area contributed by atoms with Gasteiger partial charge in [-0.3, -0.25) is 0 Å². The smallest absolute Gasteiger partial charge is 0.222 e. The maximum Gasteiger partial charge on any atom is 0.231 e. The van der Waals surface area contributed by atoms with Crippen LogP contribution in [0, 0.1) is 10.8 Å². The van der Waals surface area contributed by atoms with Crippen molar-refractivity contribution in [2.45, 2.75) is 0 Å². The third-order valence-corrected chi connectivity index (χ3v) is 0. The third-order valence-electron chi connectivity index (χ3n) is 0. The molecule has 0 fully saturated rings. The molecule has 0 unspecified atom stereocenters. The SMILES string of the molecule is Cl.N=C=O.N=C=O. The largest absolute Gasteiger partial charge is 0.231 e. The highest BCUT2D eigenvalue weighted by Crippen LogP contribution is 0.871. The van der Waals surface area contributed by atoms with Crippen LogP contribution in [-0.2, 0) is 9.59 Å². The molecule has 4 nitrogen and oxygen atoms in total. The van der Waals surface area contributed by atoms with Gasteiger partial charge in [0.15, 0.2) is 0 Å². The molecule has 0 spiro atoms. The topological polar surface area (TPSA) is 81.8 Å². The molecule has 0 saturated heterocycles. The second-order valence-electron chi connectivity index (χ2n) is 0.204. The Morgan fingerprint density at radius 3 is 1.00 bits per heavy atom. The van der Waals surface area contributed by atoms with Gasteiger partial charge in [0.1, 0.15) is 0 Å². The van der Waals surface area contributed by atoms with Crippen molar-refractivity contribution >= 4 is 24.6 Å². The van der Waals surface area contributed by atoms with Crippen LogP contribution < -0.4 is 0 Å². The summed E-state index contributed by atoms with van der Waals surface area (Å²) in [5.74, 6) is 0. The van der Waals surface area contributed by atoms with Gasteiger partial charge >= 0.3 is 0 Å². The van der Waals surface area contributed by atoms with Crippen molar-refractivity contribution in [3.63, 3.8) is 0 Å². The minimum Gasteiger partial charge on any atom is -0.222 e. The Bertz CT molecular complexity index is 67.7. The van der Waals surface area contributed by atoms with E-state index in [0.717, 1.165) is 12.2 Å². The number of nitrogens with one attached hydrogen (secondary N) is 2. The van der Waals surface area contributed by atoms with Crippen LogP contribution in [0.1, 0.15) is 0 Å². The van der Waals surface area contributed by atoms with Gasteiger partial charge in [0, 0.05) is 0 Å². The highest BCUT2D eigenvalue weighted by molar-refractivity contribution is 5.85.